The topological polar surface area (TPSA) is 200 Å². The molecule has 0 bridgehead atoms. The average molecular weight is 770 g/mol. The van der Waals surface area contributed by atoms with Crippen molar-refractivity contribution in [1.29, 1.82) is 0 Å². The number of nitrogens with two attached hydrogens (primary N) is 1. The van der Waals surface area contributed by atoms with Crippen molar-refractivity contribution < 1.29 is 41.2 Å². The van der Waals surface area contributed by atoms with Crippen LogP contribution < -0.4 is 27.0 Å². The van der Waals surface area contributed by atoms with Crippen molar-refractivity contribution in [1.82, 2.24) is 30.5 Å². The zero-order valence-electron chi connectivity index (χ0n) is 32.4. The number of halogens is 2. The van der Waals surface area contributed by atoms with Crippen LogP contribution in [0, 0.1) is 28.1 Å². The molecule has 1 saturated carbocycles. The number of sulfonamides is 1. The fourth-order valence-electron chi connectivity index (χ4n) is 6.84. The number of hydrogen-bond acceptors (Lipinski definition) is 7. The minimum Gasteiger partial charge on any atom is -0.366 e. The Bertz CT molecular complexity index is 1640. The van der Waals surface area contributed by atoms with E-state index in [1.807, 2.05) is 34.6 Å². The van der Waals surface area contributed by atoms with Gasteiger partial charge in [0, 0.05) is 44.7 Å². The maximum atomic E-state index is 14.3. The summed E-state index contributed by atoms with van der Waals surface area (Å²) in [5, 5.41) is 10.7. The highest BCUT2D eigenvalue weighted by Gasteiger charge is 2.70. The van der Waals surface area contributed by atoms with Gasteiger partial charge in [-0.15, -0.1) is 0 Å². The molecule has 17 heteroatoms. The number of fused-ring (bicyclic) bond motifs is 1. The molecule has 3 rings (SSSR count). The first-order valence-corrected chi connectivity index (χ1v) is 19.5. The van der Waals surface area contributed by atoms with E-state index in [0.29, 0.717) is 12.0 Å². The molecule has 2 aliphatic rings. The molecule has 14 nitrogen and oxygen atoms in total. The van der Waals surface area contributed by atoms with Gasteiger partial charge in [-0.1, -0.05) is 67.5 Å². The number of alkyl halides is 2. The van der Waals surface area contributed by atoms with E-state index in [1.54, 1.807) is 32.9 Å². The van der Waals surface area contributed by atoms with Crippen LogP contribution in [-0.4, -0.2) is 111 Å². The maximum absolute atomic E-state index is 14.3. The van der Waals surface area contributed by atoms with Crippen LogP contribution in [0.15, 0.2) is 24.3 Å². The number of hydrogen-bond donors (Lipinski definition) is 5. The largest absolute Gasteiger partial charge is 0.366 e. The van der Waals surface area contributed by atoms with E-state index in [4.69, 9.17) is 5.73 Å². The van der Waals surface area contributed by atoms with E-state index < -0.39 is 87.5 Å². The molecule has 6 atom stereocenters. The standard InChI is InChI=1S/C36H57F2N7O7S/c1-34(2,3)24(19-44(9)53(10,51)52)42-33(50)43-28(35(4,5)6)32(49)45-18-22-26(36(22,7)8)27(45)31(48)41-23(17-25(37)38)30(47)40-16-15-20-11-13-21(14-12-20)29(39)46/h11-14,22-28H,15-19H2,1-10H3,(H2,39,46)(H,40,47)(H,41,48)(H2,42,43,50)/t22?,23-,24+,26?,27-,28+/m0/s1. The summed E-state index contributed by atoms with van der Waals surface area (Å²) in [5.74, 6) is -3.07. The van der Waals surface area contributed by atoms with Crippen LogP contribution in [0.4, 0.5) is 13.6 Å². The number of likely N-dealkylation sites (tertiary alicyclic amines) is 1. The summed E-state index contributed by atoms with van der Waals surface area (Å²) in [6.07, 6.45) is -2.48. The fraction of sp³-hybridized carbons (Fsp3) is 0.694. The Hall–Kier alpha value is -3.86. The van der Waals surface area contributed by atoms with Crippen LogP contribution in [0.1, 0.15) is 77.7 Å². The lowest BCUT2D eigenvalue weighted by Gasteiger charge is -2.39. The van der Waals surface area contributed by atoms with Gasteiger partial charge in [0.05, 0.1) is 6.26 Å². The third-order valence-electron chi connectivity index (χ3n) is 10.5. The van der Waals surface area contributed by atoms with Gasteiger partial charge in [-0.2, -0.15) is 0 Å². The number of amides is 6. The summed E-state index contributed by atoms with van der Waals surface area (Å²) in [5.41, 5.74) is 4.59. The number of primary amides is 1. The lowest BCUT2D eigenvalue weighted by Crippen LogP contribution is -2.62. The molecule has 0 radical (unpaired) electrons. The SMILES string of the molecule is CN(C[C@@H](NC(=O)N[C@H](C(=O)N1CC2C([C@H]1C(=O)N[C@@H](CC(F)F)C(=O)NCCc1ccc(C(N)=O)cc1)C2(C)C)C(C)(C)C)C(C)(C)C)S(C)(=O)=O. The number of rotatable bonds is 15. The van der Waals surface area contributed by atoms with Crippen LogP contribution >= 0.6 is 0 Å². The monoisotopic (exact) mass is 769 g/mol. The Morgan fingerprint density at radius 3 is 2.06 bits per heavy atom. The fourth-order valence-corrected chi connectivity index (χ4v) is 7.26. The Kier molecular flexibility index (Phi) is 13.3. The van der Waals surface area contributed by atoms with Crippen molar-refractivity contribution in [3.8, 4) is 0 Å². The van der Waals surface area contributed by atoms with Crippen molar-refractivity contribution in [2.24, 2.45) is 33.8 Å². The molecule has 0 spiro atoms. The predicted octanol–water partition coefficient (Wildman–Crippen LogP) is 2.09. The lowest BCUT2D eigenvalue weighted by atomic mass is 9.85. The lowest BCUT2D eigenvalue weighted by molar-refractivity contribution is -0.144. The zero-order chi connectivity index (χ0) is 40.4. The second-order valence-corrected chi connectivity index (χ2v) is 19.1. The number of carbonyl (C=O) groups is 5. The normalized spacial score (nSPS) is 21.3. The van der Waals surface area contributed by atoms with Gasteiger partial charge in [-0.3, -0.25) is 19.2 Å². The Balaban J connectivity index is 1.78. The summed E-state index contributed by atoms with van der Waals surface area (Å²) < 4.78 is 52.8. The third kappa shape index (κ3) is 11.1. The highest BCUT2D eigenvalue weighted by atomic mass is 32.2. The minimum atomic E-state index is -3.55. The summed E-state index contributed by atoms with van der Waals surface area (Å²) in [7, 11) is -2.14. The molecule has 2 unspecified atom stereocenters. The van der Waals surface area contributed by atoms with E-state index in [-0.39, 0.29) is 36.9 Å². The second-order valence-electron chi connectivity index (χ2n) is 17.1. The second kappa shape index (κ2) is 16.2. The van der Waals surface area contributed by atoms with E-state index in [2.05, 4.69) is 21.3 Å². The molecule has 1 aromatic rings. The van der Waals surface area contributed by atoms with Crippen LogP contribution in [0.5, 0.6) is 0 Å². The quantitative estimate of drug-likeness (QED) is 0.180. The van der Waals surface area contributed by atoms with Crippen LogP contribution in [0.3, 0.4) is 0 Å². The van der Waals surface area contributed by atoms with Crippen LogP contribution in [0.2, 0.25) is 0 Å². The number of piperidine rings is 1. The molecular formula is C36H57F2N7O7S. The van der Waals surface area contributed by atoms with Gasteiger partial charge in [0.2, 0.25) is 40.1 Å². The van der Waals surface area contributed by atoms with Gasteiger partial charge in [0.1, 0.15) is 18.1 Å². The number of benzene rings is 1. The average Bonchev–Trinajstić information content (AvgIpc) is 3.32. The molecule has 1 aliphatic heterocycles. The van der Waals surface area contributed by atoms with E-state index in [1.165, 1.54) is 24.1 Å². The first kappa shape index (κ1) is 43.5. The van der Waals surface area contributed by atoms with Crippen LogP contribution in [-0.2, 0) is 30.8 Å². The van der Waals surface area contributed by atoms with Gasteiger partial charge in [-0.05, 0) is 52.2 Å². The first-order chi connectivity index (χ1) is 24.2. The van der Waals surface area contributed by atoms with Gasteiger partial charge in [-0.25, -0.2) is 26.3 Å². The molecule has 53 heavy (non-hydrogen) atoms. The number of urea groups is 1. The van der Waals surface area contributed by atoms with E-state index in [9.17, 15) is 41.2 Å². The molecule has 6 N–H and O–H groups in total. The Labute approximate surface area is 311 Å². The minimum absolute atomic E-state index is 0.0197. The molecule has 2 fully saturated rings. The smallest absolute Gasteiger partial charge is 0.315 e. The van der Waals surface area contributed by atoms with Gasteiger partial charge < -0.3 is 31.9 Å². The molecule has 1 heterocycles. The highest BCUT2D eigenvalue weighted by molar-refractivity contribution is 7.88. The third-order valence-corrected chi connectivity index (χ3v) is 11.8. The predicted molar refractivity (Wildman–Crippen MR) is 196 cm³/mol. The van der Waals surface area contributed by atoms with Gasteiger partial charge >= 0.3 is 6.03 Å². The number of carbonyl (C=O) groups excluding carboxylic acids is 5. The summed E-state index contributed by atoms with van der Waals surface area (Å²) in [6.45, 7) is 14.9. The molecule has 1 saturated heterocycles. The number of nitrogens with one attached hydrogen (secondary N) is 4. The summed E-state index contributed by atoms with van der Waals surface area (Å²) in [6, 6.07) is 1.25. The Morgan fingerprint density at radius 2 is 1.57 bits per heavy atom. The molecule has 0 aromatic heterocycles. The van der Waals surface area contributed by atoms with Crippen LogP contribution in [0.25, 0.3) is 0 Å². The number of likely N-dealkylation sites (N-methyl/N-ethyl adjacent to an activating group) is 1. The van der Waals surface area contributed by atoms with Crippen molar-refractivity contribution >= 4 is 39.7 Å². The first-order valence-electron chi connectivity index (χ1n) is 17.7. The van der Waals surface area contributed by atoms with Crippen molar-refractivity contribution in [3.05, 3.63) is 35.4 Å². The molecular weight excluding hydrogens is 713 g/mol. The molecule has 1 aromatic carbocycles. The van der Waals surface area contributed by atoms with Crippen molar-refractivity contribution in [2.75, 3.05) is 32.9 Å². The summed E-state index contributed by atoms with van der Waals surface area (Å²) >= 11 is 0. The van der Waals surface area contributed by atoms with E-state index in [0.717, 1.165) is 16.1 Å². The highest BCUT2D eigenvalue weighted by Crippen LogP contribution is 2.65. The van der Waals surface area contributed by atoms with E-state index >= 15 is 0 Å². The zero-order valence-corrected chi connectivity index (χ0v) is 33.2. The Morgan fingerprint density at radius 1 is 0.981 bits per heavy atom. The van der Waals surface area contributed by atoms with Crippen molar-refractivity contribution in [3.63, 3.8) is 0 Å². The van der Waals surface area contributed by atoms with Gasteiger partial charge in [0.25, 0.3) is 0 Å². The molecule has 1 aliphatic carbocycles. The molecule has 6 amide bonds. The summed E-state index contributed by atoms with van der Waals surface area (Å²) in [4.78, 5) is 67.6. The maximum Gasteiger partial charge on any atom is 0.315 e. The van der Waals surface area contributed by atoms with Crippen molar-refractivity contribution in [2.45, 2.75) is 98.8 Å². The molecule has 298 valence electrons. The number of nitrogens with zero attached hydrogens (tertiary/aromatic N) is 2. The van der Waals surface area contributed by atoms with Gasteiger partial charge in [0.15, 0.2) is 0 Å².